The third-order valence-electron chi connectivity index (χ3n) is 12.3. The number of unbranched alkanes of at least 4 members (excludes halogenated alkanes) is 1. The molecule has 0 aliphatic heterocycles. The molecule has 4 saturated carbocycles. The minimum absolute atomic E-state index is 0.0814. The van der Waals surface area contributed by atoms with Crippen LogP contribution in [0.5, 0.6) is 0 Å². The van der Waals surface area contributed by atoms with E-state index in [1.807, 2.05) is 13.0 Å². The fourth-order valence-corrected chi connectivity index (χ4v) is 9.96. The zero-order valence-electron chi connectivity index (χ0n) is 26.4. The quantitative estimate of drug-likeness (QED) is 0.137. The predicted molar refractivity (Wildman–Crippen MR) is 165 cm³/mol. The molecule has 2 amide bonds. The van der Waals surface area contributed by atoms with Crippen LogP contribution in [0.1, 0.15) is 111 Å². The van der Waals surface area contributed by atoms with Crippen molar-refractivity contribution in [2.75, 3.05) is 0 Å². The lowest BCUT2D eigenvalue weighted by molar-refractivity contribution is -0.207. The molecule has 7 nitrogen and oxygen atoms in total. The number of terminal acetylenes is 1. The van der Waals surface area contributed by atoms with Gasteiger partial charge in [-0.15, -0.1) is 12.3 Å². The summed E-state index contributed by atoms with van der Waals surface area (Å²) >= 11 is 0. The topological polar surface area (TPSA) is 119 Å². The number of carbonyl (C=O) groups excluding carboxylic acids is 2. The molecule has 5 N–H and O–H groups in total. The van der Waals surface area contributed by atoms with Gasteiger partial charge in [-0.2, -0.15) is 0 Å². The number of nitrogens with one attached hydrogen (secondary N) is 2. The third-order valence-corrected chi connectivity index (χ3v) is 12.3. The third kappa shape index (κ3) is 6.61. The fourth-order valence-electron chi connectivity index (χ4n) is 9.96. The zero-order valence-corrected chi connectivity index (χ0v) is 26.4. The molecule has 0 radical (unpaired) electrons. The lowest BCUT2D eigenvalue weighted by Gasteiger charge is -2.63. The van der Waals surface area contributed by atoms with Gasteiger partial charge in [0.25, 0.3) is 0 Å². The van der Waals surface area contributed by atoms with Crippen LogP contribution in [-0.4, -0.2) is 51.6 Å². The smallest absolute Gasteiger partial charge is 0.245 e. The van der Waals surface area contributed by atoms with Crippen molar-refractivity contribution in [3.8, 4) is 12.3 Å². The molecule has 0 bridgehead atoms. The maximum absolute atomic E-state index is 12.5. The second-order valence-corrected chi connectivity index (χ2v) is 14.6. The van der Waals surface area contributed by atoms with Crippen molar-refractivity contribution in [3.05, 3.63) is 12.2 Å². The van der Waals surface area contributed by atoms with Gasteiger partial charge in [-0.25, -0.2) is 0 Å². The molecule has 0 aromatic carbocycles. The SMILES string of the molecule is C#CCC(NC(=O)C=CCCC(C)C1CCC2C3C(O)CC4CC(O)CCC4(C)C3CC(O)C12C)NC(=O)CCCC. The molecule has 4 aliphatic carbocycles. The molecule has 236 valence electrons. The van der Waals surface area contributed by atoms with Crippen LogP contribution >= 0.6 is 0 Å². The van der Waals surface area contributed by atoms with Gasteiger partial charge >= 0.3 is 0 Å². The molecule has 4 fully saturated rings. The summed E-state index contributed by atoms with van der Waals surface area (Å²) in [5, 5.41) is 39.2. The van der Waals surface area contributed by atoms with E-state index in [1.54, 1.807) is 0 Å². The van der Waals surface area contributed by atoms with E-state index < -0.39 is 12.3 Å². The number of hydrogen-bond acceptors (Lipinski definition) is 5. The molecule has 42 heavy (non-hydrogen) atoms. The highest BCUT2D eigenvalue weighted by Crippen LogP contribution is 2.68. The predicted octanol–water partition coefficient (Wildman–Crippen LogP) is 4.69. The maximum atomic E-state index is 12.5. The van der Waals surface area contributed by atoms with E-state index in [0.29, 0.717) is 36.0 Å². The van der Waals surface area contributed by atoms with Crippen molar-refractivity contribution >= 4 is 11.8 Å². The molecule has 0 saturated heterocycles. The summed E-state index contributed by atoms with van der Waals surface area (Å²) in [5.41, 5.74) is -0.142. The monoisotopic (exact) mass is 584 g/mol. The largest absolute Gasteiger partial charge is 0.393 e. The van der Waals surface area contributed by atoms with Gasteiger partial charge in [0, 0.05) is 12.8 Å². The highest BCUT2D eigenvalue weighted by molar-refractivity contribution is 5.88. The Morgan fingerprint density at radius 1 is 1.07 bits per heavy atom. The molecular formula is C35H56N2O5. The zero-order chi connectivity index (χ0) is 30.7. The van der Waals surface area contributed by atoms with E-state index in [0.717, 1.165) is 70.6 Å². The summed E-state index contributed by atoms with van der Waals surface area (Å²) < 4.78 is 0. The summed E-state index contributed by atoms with van der Waals surface area (Å²) in [4.78, 5) is 24.6. The van der Waals surface area contributed by atoms with Gasteiger partial charge in [0.1, 0.15) is 6.17 Å². The lowest BCUT2D eigenvalue weighted by atomic mass is 9.43. The van der Waals surface area contributed by atoms with Gasteiger partial charge in [-0.3, -0.25) is 9.59 Å². The number of fused-ring (bicyclic) bond motifs is 5. The van der Waals surface area contributed by atoms with Gasteiger partial charge in [0.05, 0.1) is 18.3 Å². The first-order valence-corrected chi connectivity index (χ1v) is 16.7. The summed E-state index contributed by atoms with van der Waals surface area (Å²) in [7, 11) is 0. The number of amides is 2. The Labute approximate surface area is 253 Å². The van der Waals surface area contributed by atoms with Crippen molar-refractivity contribution < 1.29 is 24.9 Å². The van der Waals surface area contributed by atoms with Crippen molar-refractivity contribution in [1.82, 2.24) is 10.6 Å². The standard InChI is InChI=1S/C35H56N2O5/c1-6-8-13-31(41)36-30(11-7-2)37-32(42)14-10-9-12-22(3)25-15-16-26-33-27(21-29(40)35(25,26)5)34(4)18-17-24(38)19-23(34)20-28(33)39/h2,10,14,22-30,33,38-40H,6,8-9,11-13,15-21H2,1,3-5H3,(H,36,41)(H,37,42). The van der Waals surface area contributed by atoms with Crippen LogP contribution in [0, 0.1) is 58.7 Å². The fraction of sp³-hybridized carbons (Fsp3) is 0.829. The Bertz CT molecular complexity index is 1020. The highest BCUT2D eigenvalue weighted by Gasteiger charge is 2.65. The van der Waals surface area contributed by atoms with Gasteiger partial charge in [-0.05, 0) is 117 Å². The summed E-state index contributed by atoms with van der Waals surface area (Å²) in [5.74, 6) is 4.03. The minimum Gasteiger partial charge on any atom is -0.393 e. The Hall–Kier alpha value is -1.88. The Morgan fingerprint density at radius 2 is 1.83 bits per heavy atom. The number of rotatable bonds is 11. The molecule has 0 spiro atoms. The summed E-state index contributed by atoms with van der Waals surface area (Å²) in [6.45, 7) is 8.95. The van der Waals surface area contributed by atoms with E-state index in [4.69, 9.17) is 6.42 Å². The van der Waals surface area contributed by atoms with Crippen LogP contribution in [0.3, 0.4) is 0 Å². The van der Waals surface area contributed by atoms with E-state index in [9.17, 15) is 24.9 Å². The molecule has 4 aliphatic rings. The van der Waals surface area contributed by atoms with Crippen LogP contribution in [0.4, 0.5) is 0 Å². The van der Waals surface area contributed by atoms with Crippen LogP contribution in [0.2, 0.25) is 0 Å². The molecule has 0 aromatic rings. The van der Waals surface area contributed by atoms with Crippen LogP contribution < -0.4 is 10.6 Å². The van der Waals surface area contributed by atoms with E-state index in [1.165, 1.54) is 6.08 Å². The van der Waals surface area contributed by atoms with Gasteiger partial charge in [-0.1, -0.05) is 40.2 Å². The Morgan fingerprint density at radius 3 is 2.55 bits per heavy atom. The van der Waals surface area contributed by atoms with Gasteiger partial charge < -0.3 is 26.0 Å². The second kappa shape index (κ2) is 13.8. The van der Waals surface area contributed by atoms with Crippen molar-refractivity contribution in [1.29, 1.82) is 0 Å². The van der Waals surface area contributed by atoms with Crippen LogP contribution in [0.25, 0.3) is 0 Å². The highest BCUT2D eigenvalue weighted by atomic mass is 16.3. The average Bonchev–Trinajstić information content (AvgIpc) is 3.30. The van der Waals surface area contributed by atoms with Crippen LogP contribution in [0.15, 0.2) is 12.2 Å². The molecule has 12 atom stereocenters. The first-order valence-electron chi connectivity index (χ1n) is 16.7. The Balaban J connectivity index is 1.33. The van der Waals surface area contributed by atoms with E-state index in [-0.39, 0.29) is 47.2 Å². The molecule has 12 unspecified atom stereocenters. The van der Waals surface area contributed by atoms with Gasteiger partial charge in [0.15, 0.2) is 0 Å². The second-order valence-electron chi connectivity index (χ2n) is 14.6. The summed E-state index contributed by atoms with van der Waals surface area (Å²) in [6.07, 6.45) is 17.5. The van der Waals surface area contributed by atoms with Crippen LogP contribution in [-0.2, 0) is 9.59 Å². The number of carbonyl (C=O) groups is 2. The molecular weight excluding hydrogens is 528 g/mol. The lowest BCUT2D eigenvalue weighted by Crippen LogP contribution is -2.62. The molecule has 7 heteroatoms. The Kier molecular flexibility index (Phi) is 10.9. The first kappa shape index (κ1) is 33.0. The number of aliphatic hydroxyl groups is 3. The van der Waals surface area contributed by atoms with E-state index in [2.05, 4.69) is 37.3 Å². The van der Waals surface area contributed by atoms with E-state index >= 15 is 0 Å². The van der Waals surface area contributed by atoms with Crippen molar-refractivity contribution in [2.24, 2.45) is 46.3 Å². The summed E-state index contributed by atoms with van der Waals surface area (Å²) in [6, 6.07) is 0. The first-order chi connectivity index (χ1) is 19.9. The minimum atomic E-state index is -0.575. The average molecular weight is 585 g/mol. The molecule has 0 aromatic heterocycles. The van der Waals surface area contributed by atoms with Crippen molar-refractivity contribution in [3.63, 3.8) is 0 Å². The number of aliphatic hydroxyl groups excluding tert-OH is 3. The van der Waals surface area contributed by atoms with Crippen molar-refractivity contribution in [2.45, 2.75) is 136 Å². The maximum Gasteiger partial charge on any atom is 0.245 e. The normalized spacial score (nSPS) is 40.7. The molecule has 0 heterocycles. The molecule has 4 rings (SSSR count). The van der Waals surface area contributed by atoms with Gasteiger partial charge in [0.2, 0.25) is 11.8 Å². The number of allylic oxidation sites excluding steroid dienone is 1. The number of hydrogen-bond donors (Lipinski definition) is 5.